The molecule has 0 bridgehead atoms. The maximum atomic E-state index is 14.6. The molecule has 4 rings (SSSR count). The SMILES string of the molecule is CCc1ccc(Cc2csc(N3CCN(S(=O)(=O)c4c(F)c(Br)cc(F)c4Br)CC3)n2)cc1. The third kappa shape index (κ3) is 5.17. The van der Waals surface area contributed by atoms with E-state index in [2.05, 4.69) is 63.0 Å². The number of piperazine rings is 1. The lowest BCUT2D eigenvalue weighted by atomic mass is 10.1. The number of aromatic nitrogens is 1. The van der Waals surface area contributed by atoms with Crippen molar-refractivity contribution in [2.45, 2.75) is 24.7 Å². The summed E-state index contributed by atoms with van der Waals surface area (Å²) in [6.07, 6.45) is 1.74. The molecule has 2 heterocycles. The van der Waals surface area contributed by atoms with Crippen LogP contribution in [0.4, 0.5) is 13.9 Å². The van der Waals surface area contributed by atoms with Gasteiger partial charge in [-0.25, -0.2) is 22.2 Å². The van der Waals surface area contributed by atoms with Gasteiger partial charge in [0.1, 0.15) is 10.7 Å². The molecule has 0 aliphatic carbocycles. The van der Waals surface area contributed by atoms with Crippen molar-refractivity contribution in [3.63, 3.8) is 0 Å². The first-order chi connectivity index (χ1) is 15.7. The number of thiazole rings is 1. The Morgan fingerprint density at radius 2 is 1.70 bits per heavy atom. The normalized spacial score (nSPS) is 15.2. The molecule has 176 valence electrons. The zero-order valence-electron chi connectivity index (χ0n) is 17.7. The molecule has 1 fully saturated rings. The lowest BCUT2D eigenvalue weighted by Gasteiger charge is -2.34. The smallest absolute Gasteiger partial charge is 0.247 e. The van der Waals surface area contributed by atoms with E-state index in [0.29, 0.717) is 13.1 Å². The Kier molecular flexibility index (Phi) is 7.54. The van der Waals surface area contributed by atoms with E-state index < -0.39 is 31.0 Å². The van der Waals surface area contributed by atoms with Crippen molar-refractivity contribution < 1.29 is 17.2 Å². The first-order valence-corrected chi connectivity index (χ1v) is 14.2. The second-order valence-electron chi connectivity index (χ2n) is 7.66. The summed E-state index contributed by atoms with van der Waals surface area (Å²) < 4.78 is 55.3. The number of halogens is 4. The first-order valence-electron chi connectivity index (χ1n) is 10.3. The van der Waals surface area contributed by atoms with Crippen LogP contribution in [0.25, 0.3) is 0 Å². The van der Waals surface area contributed by atoms with Gasteiger partial charge in [-0.1, -0.05) is 31.2 Å². The Morgan fingerprint density at radius 3 is 2.33 bits per heavy atom. The van der Waals surface area contributed by atoms with Crippen molar-refractivity contribution in [1.82, 2.24) is 9.29 Å². The van der Waals surface area contributed by atoms with Gasteiger partial charge in [-0.05, 0) is 55.5 Å². The van der Waals surface area contributed by atoms with Gasteiger partial charge in [0.15, 0.2) is 10.9 Å². The average Bonchev–Trinajstić information content (AvgIpc) is 3.27. The molecule has 0 atom stereocenters. The second kappa shape index (κ2) is 10.1. The molecule has 1 aliphatic rings. The highest BCUT2D eigenvalue weighted by atomic mass is 79.9. The van der Waals surface area contributed by atoms with E-state index in [1.165, 1.54) is 26.8 Å². The molecule has 0 unspecified atom stereocenters. The molecule has 0 N–H and O–H groups in total. The van der Waals surface area contributed by atoms with Gasteiger partial charge in [0.05, 0.1) is 14.6 Å². The largest absolute Gasteiger partial charge is 0.345 e. The van der Waals surface area contributed by atoms with Crippen molar-refractivity contribution in [2.75, 3.05) is 31.1 Å². The summed E-state index contributed by atoms with van der Waals surface area (Å²) in [5.74, 6) is -1.86. The van der Waals surface area contributed by atoms with Crippen molar-refractivity contribution in [3.8, 4) is 0 Å². The van der Waals surface area contributed by atoms with E-state index in [9.17, 15) is 17.2 Å². The zero-order chi connectivity index (χ0) is 23.8. The van der Waals surface area contributed by atoms with E-state index in [4.69, 9.17) is 4.98 Å². The van der Waals surface area contributed by atoms with Crippen molar-refractivity contribution in [2.24, 2.45) is 0 Å². The molecule has 5 nitrogen and oxygen atoms in total. The molecule has 33 heavy (non-hydrogen) atoms. The molecule has 1 saturated heterocycles. The Labute approximate surface area is 212 Å². The number of benzene rings is 2. The van der Waals surface area contributed by atoms with E-state index in [-0.39, 0.29) is 17.6 Å². The van der Waals surface area contributed by atoms with Crippen molar-refractivity contribution >= 4 is 58.4 Å². The topological polar surface area (TPSA) is 53.5 Å². The minimum atomic E-state index is -4.22. The summed E-state index contributed by atoms with van der Waals surface area (Å²) in [6.45, 7) is 3.24. The maximum absolute atomic E-state index is 14.6. The summed E-state index contributed by atoms with van der Waals surface area (Å²) in [5.41, 5.74) is 3.45. The van der Waals surface area contributed by atoms with Crippen LogP contribution in [0.3, 0.4) is 0 Å². The minimum Gasteiger partial charge on any atom is -0.345 e. The van der Waals surface area contributed by atoms with Gasteiger partial charge in [0, 0.05) is 38.0 Å². The number of sulfonamides is 1. The highest BCUT2D eigenvalue weighted by Gasteiger charge is 2.35. The molecule has 0 saturated carbocycles. The highest BCUT2D eigenvalue weighted by molar-refractivity contribution is 9.11. The predicted octanol–water partition coefficient (Wildman–Crippen LogP) is 5.61. The van der Waals surface area contributed by atoms with Crippen LogP contribution in [0.1, 0.15) is 23.7 Å². The third-order valence-electron chi connectivity index (χ3n) is 5.53. The number of aryl methyl sites for hydroxylation is 1. The molecule has 3 aromatic rings. The average molecular weight is 621 g/mol. The van der Waals surface area contributed by atoms with Gasteiger partial charge in [-0.2, -0.15) is 4.31 Å². The van der Waals surface area contributed by atoms with Crippen LogP contribution >= 0.6 is 43.2 Å². The fourth-order valence-electron chi connectivity index (χ4n) is 3.65. The van der Waals surface area contributed by atoms with Crippen molar-refractivity contribution in [1.29, 1.82) is 0 Å². The fraction of sp³-hybridized carbons (Fsp3) is 0.318. The Bertz CT molecular complexity index is 1230. The molecule has 0 radical (unpaired) electrons. The summed E-state index contributed by atoms with van der Waals surface area (Å²) in [6, 6.07) is 9.38. The Morgan fingerprint density at radius 1 is 1.06 bits per heavy atom. The minimum absolute atomic E-state index is 0.149. The van der Waals surface area contributed by atoms with Crippen LogP contribution in [0.2, 0.25) is 0 Å². The monoisotopic (exact) mass is 619 g/mol. The number of hydrogen-bond donors (Lipinski definition) is 0. The van der Waals surface area contributed by atoms with Gasteiger partial charge >= 0.3 is 0 Å². The van der Waals surface area contributed by atoms with Crippen LogP contribution < -0.4 is 4.90 Å². The van der Waals surface area contributed by atoms with Gasteiger partial charge < -0.3 is 4.90 Å². The van der Waals surface area contributed by atoms with Crippen LogP contribution in [-0.2, 0) is 22.9 Å². The molecule has 0 amide bonds. The summed E-state index contributed by atoms with van der Waals surface area (Å²) in [7, 11) is -4.22. The third-order valence-corrected chi connectivity index (χ3v) is 10.0. The Balaban J connectivity index is 1.44. The van der Waals surface area contributed by atoms with Gasteiger partial charge in [-0.3, -0.25) is 0 Å². The summed E-state index contributed by atoms with van der Waals surface area (Å²) in [5, 5.41) is 2.84. The summed E-state index contributed by atoms with van der Waals surface area (Å²) in [4.78, 5) is 6.06. The molecular formula is C22H21Br2F2N3O2S2. The number of nitrogens with zero attached hydrogens (tertiary/aromatic N) is 3. The van der Waals surface area contributed by atoms with E-state index in [0.717, 1.165) is 29.7 Å². The molecule has 11 heteroatoms. The van der Waals surface area contributed by atoms with E-state index >= 15 is 0 Å². The van der Waals surface area contributed by atoms with Crippen LogP contribution in [0, 0.1) is 11.6 Å². The number of rotatable bonds is 6. The van der Waals surface area contributed by atoms with Crippen LogP contribution in [0.15, 0.2) is 49.6 Å². The summed E-state index contributed by atoms with van der Waals surface area (Å²) >= 11 is 7.30. The highest BCUT2D eigenvalue weighted by Crippen LogP contribution is 2.35. The Hall–Kier alpha value is -1.40. The van der Waals surface area contributed by atoms with Crippen LogP contribution in [-0.4, -0.2) is 43.9 Å². The molecular weight excluding hydrogens is 600 g/mol. The number of anilines is 1. The molecule has 0 spiro atoms. The lowest BCUT2D eigenvalue weighted by Crippen LogP contribution is -2.49. The first kappa shape index (κ1) is 24.7. The fourth-order valence-corrected chi connectivity index (χ4v) is 7.53. The van der Waals surface area contributed by atoms with Gasteiger partial charge in [-0.15, -0.1) is 11.3 Å². The van der Waals surface area contributed by atoms with Crippen LogP contribution in [0.5, 0.6) is 0 Å². The van der Waals surface area contributed by atoms with Gasteiger partial charge in [0.25, 0.3) is 0 Å². The van der Waals surface area contributed by atoms with Crippen molar-refractivity contribution in [3.05, 3.63) is 73.1 Å². The molecule has 2 aromatic carbocycles. The van der Waals surface area contributed by atoms with Gasteiger partial charge in [0.2, 0.25) is 10.0 Å². The second-order valence-corrected chi connectivity index (χ2v) is 12.0. The van der Waals surface area contributed by atoms with E-state index in [1.807, 2.05) is 10.3 Å². The predicted molar refractivity (Wildman–Crippen MR) is 133 cm³/mol. The molecule has 1 aromatic heterocycles. The standard InChI is InChI=1S/C22H21Br2F2N3O2S2/c1-2-14-3-5-15(6-4-14)11-16-13-32-22(27-16)28-7-9-29(10-8-28)33(30,31)21-19(24)18(25)12-17(23)20(21)26/h3-6,12-13H,2,7-11H2,1H3. The number of hydrogen-bond acceptors (Lipinski definition) is 5. The zero-order valence-corrected chi connectivity index (χ0v) is 22.5. The quantitative estimate of drug-likeness (QED) is 0.336. The molecule has 1 aliphatic heterocycles. The lowest BCUT2D eigenvalue weighted by molar-refractivity contribution is 0.381. The maximum Gasteiger partial charge on any atom is 0.247 e. The van der Waals surface area contributed by atoms with E-state index in [1.54, 1.807) is 0 Å².